The van der Waals surface area contributed by atoms with Crippen molar-refractivity contribution in [2.24, 2.45) is 0 Å². The van der Waals surface area contributed by atoms with E-state index < -0.39 is 0 Å². The van der Waals surface area contributed by atoms with Gasteiger partial charge in [0.1, 0.15) is 0 Å². The predicted molar refractivity (Wildman–Crippen MR) is 116 cm³/mol. The van der Waals surface area contributed by atoms with Gasteiger partial charge in [0.25, 0.3) is 5.91 Å². The average molecular weight is 417 g/mol. The van der Waals surface area contributed by atoms with Crippen LogP contribution in [0.2, 0.25) is 0 Å². The number of hydrogen-bond acceptors (Lipinski definition) is 5. The van der Waals surface area contributed by atoms with Crippen LogP contribution in [0.15, 0.2) is 58.2 Å². The van der Waals surface area contributed by atoms with Crippen molar-refractivity contribution >= 4 is 17.1 Å². The molecule has 1 aromatic carbocycles. The summed E-state index contributed by atoms with van der Waals surface area (Å²) in [6.45, 7) is 5.48. The molecule has 4 heterocycles. The van der Waals surface area contributed by atoms with Crippen LogP contribution in [-0.2, 0) is 6.54 Å². The Morgan fingerprint density at radius 3 is 2.90 bits per heavy atom. The first-order chi connectivity index (χ1) is 15.1. The highest BCUT2D eigenvalue weighted by molar-refractivity contribution is 5.97. The lowest BCUT2D eigenvalue weighted by Gasteiger charge is -2.16. The maximum atomic E-state index is 13.3. The molecule has 158 valence electrons. The highest BCUT2D eigenvalue weighted by atomic mass is 16.3. The topological polar surface area (TPSA) is 86.2 Å². The van der Waals surface area contributed by atoms with Crippen molar-refractivity contribution < 1.29 is 9.21 Å². The third-order valence-electron chi connectivity index (χ3n) is 5.90. The number of nitrogens with zero attached hydrogens (tertiary/aromatic N) is 5. The van der Waals surface area contributed by atoms with Gasteiger partial charge in [0.05, 0.1) is 11.6 Å². The van der Waals surface area contributed by atoms with Gasteiger partial charge < -0.3 is 9.32 Å². The monoisotopic (exact) mass is 417 g/mol. The van der Waals surface area contributed by atoms with Crippen LogP contribution < -0.4 is 5.69 Å². The summed E-state index contributed by atoms with van der Waals surface area (Å²) >= 11 is 0. The average Bonchev–Trinajstić information content (AvgIpc) is 3.50. The summed E-state index contributed by atoms with van der Waals surface area (Å²) in [5, 5.41) is 0. The number of benzene rings is 1. The molecule has 0 N–H and O–H groups in total. The Kier molecular flexibility index (Phi) is 4.69. The molecule has 0 bridgehead atoms. The van der Waals surface area contributed by atoms with Crippen LogP contribution >= 0.6 is 0 Å². The molecule has 0 saturated carbocycles. The van der Waals surface area contributed by atoms with E-state index in [-0.39, 0.29) is 17.6 Å². The number of aryl methyl sites for hydroxylation is 2. The summed E-state index contributed by atoms with van der Waals surface area (Å²) in [4.78, 5) is 36.7. The number of fused-ring (bicyclic) bond motifs is 1. The molecule has 3 aromatic heterocycles. The van der Waals surface area contributed by atoms with Crippen molar-refractivity contribution in [3.05, 3.63) is 70.7 Å². The standard InChI is InChI=1S/C23H23N5O3/c1-3-27-18-8-5-10-24-21(18)28(23(27)30)17-9-11-26(13-17)22(29)19-20(31-14-25-19)16-7-4-6-15(2)12-16/h4-8,10,12,14,17H,3,9,11,13H2,1-2H3. The molecule has 1 aliphatic rings. The minimum atomic E-state index is -0.187. The minimum Gasteiger partial charge on any atom is -0.443 e. The fourth-order valence-electron chi connectivity index (χ4n) is 4.42. The Morgan fingerprint density at radius 1 is 1.23 bits per heavy atom. The van der Waals surface area contributed by atoms with Crippen molar-refractivity contribution in [3.63, 3.8) is 0 Å². The molecule has 1 unspecified atom stereocenters. The first-order valence-corrected chi connectivity index (χ1v) is 10.4. The number of aromatic nitrogens is 4. The van der Waals surface area contributed by atoms with Gasteiger partial charge in [-0.1, -0.05) is 23.8 Å². The molecule has 1 aliphatic heterocycles. The fourth-order valence-corrected chi connectivity index (χ4v) is 4.42. The molecular weight excluding hydrogens is 394 g/mol. The molecule has 1 atom stereocenters. The van der Waals surface area contributed by atoms with Crippen molar-refractivity contribution in [3.8, 4) is 11.3 Å². The van der Waals surface area contributed by atoms with E-state index in [1.54, 1.807) is 20.2 Å². The lowest BCUT2D eigenvalue weighted by atomic mass is 10.1. The van der Waals surface area contributed by atoms with Gasteiger partial charge in [0, 0.05) is 31.4 Å². The van der Waals surface area contributed by atoms with Crippen LogP contribution in [0.5, 0.6) is 0 Å². The molecule has 31 heavy (non-hydrogen) atoms. The maximum Gasteiger partial charge on any atom is 0.330 e. The molecule has 0 radical (unpaired) electrons. The molecule has 0 aliphatic carbocycles. The van der Waals surface area contributed by atoms with Gasteiger partial charge >= 0.3 is 5.69 Å². The molecule has 4 aromatic rings. The Morgan fingerprint density at radius 2 is 2.10 bits per heavy atom. The normalized spacial score (nSPS) is 16.3. The number of carbonyl (C=O) groups is 1. The van der Waals surface area contributed by atoms with Crippen LogP contribution in [0.4, 0.5) is 0 Å². The van der Waals surface area contributed by atoms with Crippen molar-refractivity contribution in [1.29, 1.82) is 0 Å². The largest absolute Gasteiger partial charge is 0.443 e. The maximum absolute atomic E-state index is 13.3. The van der Waals surface area contributed by atoms with E-state index in [2.05, 4.69) is 9.97 Å². The van der Waals surface area contributed by atoms with Gasteiger partial charge in [0.15, 0.2) is 23.5 Å². The minimum absolute atomic E-state index is 0.0858. The van der Waals surface area contributed by atoms with Crippen molar-refractivity contribution in [1.82, 2.24) is 24.0 Å². The van der Waals surface area contributed by atoms with E-state index in [1.165, 1.54) is 6.39 Å². The Hall–Kier alpha value is -3.68. The van der Waals surface area contributed by atoms with Gasteiger partial charge in [-0.15, -0.1) is 0 Å². The first kappa shape index (κ1) is 19.3. The van der Waals surface area contributed by atoms with Gasteiger partial charge in [-0.25, -0.2) is 14.8 Å². The summed E-state index contributed by atoms with van der Waals surface area (Å²) in [6, 6.07) is 11.4. The second-order valence-electron chi connectivity index (χ2n) is 7.84. The highest BCUT2D eigenvalue weighted by Gasteiger charge is 2.33. The molecule has 1 saturated heterocycles. The second kappa shape index (κ2) is 7.54. The quantitative estimate of drug-likeness (QED) is 0.509. The van der Waals surface area contributed by atoms with Crippen LogP contribution in [0.3, 0.4) is 0 Å². The Balaban J connectivity index is 1.45. The van der Waals surface area contributed by atoms with Gasteiger partial charge in [0.2, 0.25) is 0 Å². The number of imidazole rings is 1. The fraction of sp³-hybridized carbons (Fsp3) is 0.304. The van der Waals surface area contributed by atoms with Crippen LogP contribution in [0, 0.1) is 6.92 Å². The number of hydrogen-bond donors (Lipinski definition) is 0. The number of amides is 1. The summed E-state index contributed by atoms with van der Waals surface area (Å²) in [7, 11) is 0. The summed E-state index contributed by atoms with van der Waals surface area (Å²) in [5.74, 6) is 0.284. The van der Waals surface area contributed by atoms with E-state index in [9.17, 15) is 9.59 Å². The second-order valence-corrected chi connectivity index (χ2v) is 7.84. The molecule has 1 amide bonds. The number of likely N-dealkylation sites (tertiary alicyclic amines) is 1. The SMILES string of the molecule is CCn1c(=O)n(C2CCN(C(=O)c3ncoc3-c3cccc(C)c3)C2)c2ncccc21. The lowest BCUT2D eigenvalue weighted by Crippen LogP contribution is -2.32. The third-order valence-corrected chi connectivity index (χ3v) is 5.90. The predicted octanol–water partition coefficient (Wildman–Crippen LogP) is 3.27. The van der Waals surface area contributed by atoms with Crippen LogP contribution in [-0.4, -0.2) is 43.0 Å². The van der Waals surface area contributed by atoms with Gasteiger partial charge in [-0.05, 0) is 38.5 Å². The van der Waals surface area contributed by atoms with E-state index >= 15 is 0 Å². The molecule has 8 nitrogen and oxygen atoms in total. The van der Waals surface area contributed by atoms with Crippen LogP contribution in [0.1, 0.15) is 35.4 Å². The Labute approximate surface area is 178 Å². The summed E-state index contributed by atoms with van der Waals surface area (Å²) in [5.41, 5.74) is 3.59. The lowest BCUT2D eigenvalue weighted by molar-refractivity contribution is 0.0783. The smallest absolute Gasteiger partial charge is 0.330 e. The number of oxazole rings is 1. The summed E-state index contributed by atoms with van der Waals surface area (Å²) in [6.07, 6.45) is 3.68. The van der Waals surface area contributed by atoms with E-state index in [1.807, 2.05) is 50.2 Å². The number of carbonyl (C=O) groups excluding carboxylic acids is 1. The van der Waals surface area contributed by atoms with Crippen molar-refractivity contribution in [2.45, 2.75) is 32.9 Å². The third kappa shape index (κ3) is 3.15. The van der Waals surface area contributed by atoms with Crippen LogP contribution in [0.25, 0.3) is 22.5 Å². The van der Waals surface area contributed by atoms with Gasteiger partial charge in [-0.2, -0.15) is 0 Å². The van der Waals surface area contributed by atoms with Gasteiger partial charge in [-0.3, -0.25) is 13.9 Å². The molecule has 0 spiro atoms. The van der Waals surface area contributed by atoms with Crippen molar-refractivity contribution in [2.75, 3.05) is 13.1 Å². The highest BCUT2D eigenvalue weighted by Crippen LogP contribution is 2.29. The van der Waals surface area contributed by atoms with E-state index in [0.717, 1.165) is 16.6 Å². The number of pyridine rings is 1. The zero-order valence-corrected chi connectivity index (χ0v) is 17.5. The molecule has 8 heteroatoms. The molecular formula is C23H23N5O3. The Bertz CT molecular complexity index is 1330. The number of rotatable bonds is 4. The summed E-state index contributed by atoms with van der Waals surface area (Å²) < 4.78 is 9.02. The van der Waals surface area contributed by atoms with E-state index in [0.29, 0.717) is 43.2 Å². The molecule has 5 rings (SSSR count). The zero-order valence-electron chi connectivity index (χ0n) is 17.5. The zero-order chi connectivity index (χ0) is 21.5. The van der Waals surface area contributed by atoms with E-state index in [4.69, 9.17) is 4.42 Å². The first-order valence-electron chi connectivity index (χ1n) is 10.4. The molecule has 1 fully saturated rings.